The van der Waals surface area contributed by atoms with Crippen molar-refractivity contribution in [1.82, 2.24) is 4.98 Å². The van der Waals surface area contributed by atoms with Crippen molar-refractivity contribution in [1.29, 1.82) is 0 Å². The van der Waals surface area contributed by atoms with Crippen LogP contribution in [0.15, 0.2) is 42.6 Å². The summed E-state index contributed by atoms with van der Waals surface area (Å²) >= 11 is 0. The van der Waals surface area contributed by atoms with Crippen LogP contribution >= 0.6 is 0 Å². The summed E-state index contributed by atoms with van der Waals surface area (Å²) in [5, 5.41) is 0. The number of aromatic nitrogens is 1. The van der Waals surface area contributed by atoms with E-state index < -0.39 is 10.0 Å². The Labute approximate surface area is 118 Å². The minimum atomic E-state index is -3.47. The fraction of sp³-hybridized carbons (Fsp3) is 0.214. The van der Waals surface area contributed by atoms with Gasteiger partial charge in [0.2, 0.25) is 10.0 Å². The molecule has 1 heterocycles. The summed E-state index contributed by atoms with van der Waals surface area (Å²) in [4.78, 5) is 4.03. The van der Waals surface area contributed by atoms with Gasteiger partial charge in [-0.25, -0.2) is 13.4 Å². The summed E-state index contributed by atoms with van der Waals surface area (Å²) in [6, 6.07) is 10.8. The van der Waals surface area contributed by atoms with Gasteiger partial charge in [-0.2, -0.15) is 0 Å². The summed E-state index contributed by atoms with van der Waals surface area (Å²) in [6.07, 6.45) is 1.56. The van der Waals surface area contributed by atoms with Gasteiger partial charge in [-0.15, -0.1) is 0 Å². The predicted molar refractivity (Wildman–Crippen MR) is 79.6 cm³/mol. The molecule has 0 aliphatic heterocycles. The second-order valence-corrected chi connectivity index (χ2v) is 6.27. The Bertz CT molecular complexity index is 682. The monoisotopic (exact) mass is 291 g/mol. The zero-order chi connectivity index (χ0) is 14.6. The van der Waals surface area contributed by atoms with E-state index in [0.717, 1.165) is 11.1 Å². The molecule has 0 radical (unpaired) electrons. The summed E-state index contributed by atoms with van der Waals surface area (Å²) in [5.41, 5.74) is 7.98. The van der Waals surface area contributed by atoms with Crippen LogP contribution in [0.1, 0.15) is 16.7 Å². The first kappa shape index (κ1) is 14.5. The lowest BCUT2D eigenvalue weighted by Crippen LogP contribution is -2.16. The first-order valence-corrected chi connectivity index (χ1v) is 7.85. The smallest absolute Gasteiger partial charge is 0.238 e. The van der Waals surface area contributed by atoms with Crippen LogP contribution in [0.3, 0.4) is 0 Å². The maximum absolute atomic E-state index is 12.1. The van der Waals surface area contributed by atoms with Gasteiger partial charge in [-0.05, 0) is 29.7 Å². The van der Waals surface area contributed by atoms with Crippen molar-refractivity contribution in [2.45, 2.75) is 19.2 Å². The number of sulfonamides is 1. The highest BCUT2D eigenvalue weighted by molar-refractivity contribution is 7.91. The van der Waals surface area contributed by atoms with Crippen LogP contribution in [0.25, 0.3) is 0 Å². The molecule has 20 heavy (non-hydrogen) atoms. The van der Waals surface area contributed by atoms with Crippen molar-refractivity contribution < 1.29 is 8.42 Å². The van der Waals surface area contributed by atoms with E-state index in [9.17, 15) is 8.42 Å². The van der Waals surface area contributed by atoms with Gasteiger partial charge in [0, 0.05) is 12.7 Å². The second-order valence-electron chi connectivity index (χ2n) is 4.55. The van der Waals surface area contributed by atoms with Crippen LogP contribution in [-0.2, 0) is 22.3 Å². The van der Waals surface area contributed by atoms with Gasteiger partial charge >= 0.3 is 0 Å². The number of benzene rings is 1. The fourth-order valence-corrected chi connectivity index (χ4v) is 2.98. The summed E-state index contributed by atoms with van der Waals surface area (Å²) in [5.74, 6) is 0.277. The van der Waals surface area contributed by atoms with Crippen molar-refractivity contribution in [2.24, 2.45) is 5.73 Å². The van der Waals surface area contributed by atoms with Gasteiger partial charge in [0.15, 0.2) is 0 Å². The van der Waals surface area contributed by atoms with Crippen molar-refractivity contribution >= 4 is 15.8 Å². The van der Waals surface area contributed by atoms with E-state index in [2.05, 4.69) is 9.71 Å². The SMILES string of the molecule is Cc1cccnc1NS(=O)(=O)Cc1ccc(CN)cc1. The molecule has 0 bridgehead atoms. The topological polar surface area (TPSA) is 85.1 Å². The zero-order valence-corrected chi connectivity index (χ0v) is 12.0. The van der Waals surface area contributed by atoms with E-state index >= 15 is 0 Å². The lowest BCUT2D eigenvalue weighted by molar-refractivity contribution is 0.600. The molecule has 6 heteroatoms. The molecule has 0 spiro atoms. The Balaban J connectivity index is 2.13. The number of nitrogens with two attached hydrogens (primary N) is 1. The maximum Gasteiger partial charge on any atom is 0.238 e. The first-order chi connectivity index (χ1) is 9.50. The number of nitrogens with one attached hydrogen (secondary N) is 1. The molecule has 2 aromatic rings. The molecule has 3 N–H and O–H groups in total. The van der Waals surface area contributed by atoms with Crippen LogP contribution in [0, 0.1) is 6.92 Å². The highest BCUT2D eigenvalue weighted by atomic mass is 32.2. The average molecular weight is 291 g/mol. The molecule has 0 aliphatic rings. The van der Waals surface area contributed by atoms with E-state index in [4.69, 9.17) is 5.73 Å². The van der Waals surface area contributed by atoms with Crippen LogP contribution in [0.5, 0.6) is 0 Å². The number of hydrogen-bond acceptors (Lipinski definition) is 4. The number of anilines is 1. The van der Waals surface area contributed by atoms with Gasteiger partial charge in [0.1, 0.15) is 5.82 Å². The minimum Gasteiger partial charge on any atom is -0.326 e. The Morgan fingerprint density at radius 2 is 1.80 bits per heavy atom. The summed E-state index contributed by atoms with van der Waals surface area (Å²) in [7, 11) is -3.47. The van der Waals surface area contributed by atoms with Crippen molar-refractivity contribution in [3.8, 4) is 0 Å². The molecule has 0 atom stereocenters. The standard InChI is InChI=1S/C14H17N3O2S/c1-11-3-2-8-16-14(11)17-20(18,19)10-13-6-4-12(9-15)5-7-13/h2-8H,9-10,15H2,1H3,(H,16,17). The van der Waals surface area contributed by atoms with E-state index in [1.54, 1.807) is 37.4 Å². The van der Waals surface area contributed by atoms with Gasteiger partial charge in [-0.3, -0.25) is 4.72 Å². The number of nitrogens with zero attached hydrogens (tertiary/aromatic N) is 1. The van der Waals surface area contributed by atoms with Gasteiger partial charge < -0.3 is 5.73 Å². The van der Waals surface area contributed by atoms with Crippen LogP contribution in [0.2, 0.25) is 0 Å². The largest absolute Gasteiger partial charge is 0.326 e. The third kappa shape index (κ3) is 3.79. The van der Waals surface area contributed by atoms with Crippen LogP contribution in [0.4, 0.5) is 5.82 Å². The molecule has 5 nitrogen and oxygen atoms in total. The molecule has 0 saturated heterocycles. The van der Waals surface area contributed by atoms with Gasteiger partial charge in [0.25, 0.3) is 0 Å². The Morgan fingerprint density at radius 1 is 1.15 bits per heavy atom. The molecule has 0 fully saturated rings. The molecule has 106 valence electrons. The molecule has 1 aromatic heterocycles. The third-order valence-corrected chi connectivity index (χ3v) is 4.09. The quantitative estimate of drug-likeness (QED) is 0.879. The first-order valence-electron chi connectivity index (χ1n) is 6.20. The van der Waals surface area contributed by atoms with E-state index in [0.29, 0.717) is 17.9 Å². The molecule has 0 amide bonds. The average Bonchev–Trinajstić information content (AvgIpc) is 2.41. The van der Waals surface area contributed by atoms with Crippen molar-refractivity contribution in [2.75, 3.05) is 4.72 Å². The molecule has 0 aliphatic carbocycles. The maximum atomic E-state index is 12.1. The molecule has 0 unspecified atom stereocenters. The summed E-state index contributed by atoms with van der Waals surface area (Å²) < 4.78 is 26.7. The Morgan fingerprint density at radius 3 is 2.40 bits per heavy atom. The molecule has 1 aromatic carbocycles. The number of rotatable bonds is 5. The number of aryl methyl sites for hydroxylation is 1. The normalized spacial score (nSPS) is 11.3. The summed E-state index contributed by atoms with van der Waals surface area (Å²) in [6.45, 7) is 2.25. The lowest BCUT2D eigenvalue weighted by Gasteiger charge is -2.09. The lowest BCUT2D eigenvalue weighted by atomic mass is 10.1. The van der Waals surface area contributed by atoms with Crippen LogP contribution < -0.4 is 10.5 Å². The minimum absolute atomic E-state index is 0.0894. The molecule has 0 saturated carbocycles. The highest BCUT2D eigenvalue weighted by Gasteiger charge is 2.13. The second kappa shape index (κ2) is 6.02. The highest BCUT2D eigenvalue weighted by Crippen LogP contribution is 2.14. The van der Waals surface area contributed by atoms with E-state index in [1.165, 1.54) is 0 Å². The van der Waals surface area contributed by atoms with Gasteiger partial charge in [-0.1, -0.05) is 30.3 Å². The van der Waals surface area contributed by atoms with E-state index in [1.807, 2.05) is 12.1 Å². The van der Waals surface area contributed by atoms with E-state index in [-0.39, 0.29) is 5.75 Å². The molecular weight excluding hydrogens is 274 g/mol. The zero-order valence-electron chi connectivity index (χ0n) is 11.2. The Hall–Kier alpha value is -1.92. The van der Waals surface area contributed by atoms with Crippen LogP contribution in [-0.4, -0.2) is 13.4 Å². The Kier molecular flexibility index (Phi) is 4.36. The predicted octanol–water partition coefficient (Wildman–Crippen LogP) is 1.79. The van der Waals surface area contributed by atoms with Crippen molar-refractivity contribution in [3.05, 3.63) is 59.3 Å². The molecular formula is C14H17N3O2S. The number of pyridine rings is 1. The number of hydrogen-bond donors (Lipinski definition) is 2. The third-order valence-electron chi connectivity index (χ3n) is 2.88. The van der Waals surface area contributed by atoms with Crippen molar-refractivity contribution in [3.63, 3.8) is 0 Å². The van der Waals surface area contributed by atoms with Gasteiger partial charge in [0.05, 0.1) is 5.75 Å². The fourth-order valence-electron chi connectivity index (χ4n) is 1.77. The molecule has 2 rings (SSSR count).